The number of hydrogen-bond acceptors (Lipinski definition) is 8. The Hall–Kier alpha value is -3.94. The Balaban J connectivity index is 1.83. The van der Waals surface area contributed by atoms with Gasteiger partial charge in [-0.1, -0.05) is 13.0 Å². The van der Waals surface area contributed by atoms with E-state index in [9.17, 15) is 9.59 Å². The fourth-order valence-electron chi connectivity index (χ4n) is 5.30. The van der Waals surface area contributed by atoms with Crippen LogP contribution in [0.25, 0.3) is 0 Å². The van der Waals surface area contributed by atoms with Crippen LogP contribution in [0.3, 0.4) is 0 Å². The third kappa shape index (κ3) is 5.08. The van der Waals surface area contributed by atoms with Gasteiger partial charge in [0.1, 0.15) is 11.5 Å². The summed E-state index contributed by atoms with van der Waals surface area (Å²) in [6.45, 7) is 4.07. The number of methoxy groups -OCH3 is 4. The van der Waals surface area contributed by atoms with Crippen LogP contribution in [0.4, 0.5) is 0 Å². The van der Waals surface area contributed by atoms with E-state index in [0.717, 1.165) is 11.3 Å². The molecule has 0 bridgehead atoms. The molecule has 2 aromatic carbocycles. The van der Waals surface area contributed by atoms with Crippen molar-refractivity contribution in [3.8, 4) is 23.0 Å². The highest BCUT2D eigenvalue weighted by Gasteiger charge is 2.42. The maximum Gasteiger partial charge on any atom is 0.336 e. The van der Waals surface area contributed by atoms with E-state index in [0.29, 0.717) is 64.9 Å². The molecule has 1 heterocycles. The first-order chi connectivity index (χ1) is 18.4. The minimum Gasteiger partial charge on any atom is -0.497 e. The first-order valence-electron chi connectivity index (χ1n) is 12.7. The standard InChI is InChI=1S/C30H35NO7/c1-7-12-38-30(33)27-17(2)31-22-13-19(18-8-10-25(36-5)26(15-18)37-6)14-23(32)29(22)28(27)21-16-20(34-3)9-11-24(21)35-4/h8-11,15-16,19,28,31H,7,12-14H2,1-6H3. The molecule has 2 aliphatic rings. The number of allylic oxidation sites excluding steroid dienone is 3. The van der Waals surface area contributed by atoms with Gasteiger partial charge >= 0.3 is 5.97 Å². The van der Waals surface area contributed by atoms with Gasteiger partial charge in [0.25, 0.3) is 0 Å². The van der Waals surface area contributed by atoms with Gasteiger partial charge in [-0.05, 0) is 61.6 Å². The number of carbonyl (C=O) groups is 2. The molecular weight excluding hydrogens is 486 g/mol. The van der Waals surface area contributed by atoms with Gasteiger partial charge in [0.15, 0.2) is 17.3 Å². The average molecular weight is 522 g/mol. The molecule has 4 rings (SSSR count). The van der Waals surface area contributed by atoms with Crippen LogP contribution in [0.1, 0.15) is 56.1 Å². The third-order valence-electron chi connectivity index (χ3n) is 7.11. The Morgan fingerprint density at radius 3 is 2.29 bits per heavy atom. The normalized spacial score (nSPS) is 18.9. The number of ketones is 1. The summed E-state index contributed by atoms with van der Waals surface area (Å²) in [7, 11) is 6.34. The minimum atomic E-state index is -0.653. The Morgan fingerprint density at radius 1 is 0.921 bits per heavy atom. The van der Waals surface area contributed by atoms with Gasteiger partial charge in [-0.15, -0.1) is 0 Å². The Bertz CT molecular complexity index is 1290. The Labute approximate surface area is 223 Å². The Morgan fingerprint density at radius 2 is 1.63 bits per heavy atom. The van der Waals surface area contributed by atoms with Gasteiger partial charge in [0, 0.05) is 29.0 Å². The second kappa shape index (κ2) is 11.6. The molecule has 0 aromatic heterocycles. The van der Waals surface area contributed by atoms with E-state index in [1.807, 2.05) is 38.1 Å². The molecule has 0 amide bonds. The maximum atomic E-state index is 13.9. The molecule has 8 nitrogen and oxygen atoms in total. The zero-order valence-electron chi connectivity index (χ0n) is 22.8. The lowest BCUT2D eigenvalue weighted by Gasteiger charge is -2.37. The number of hydrogen-bond donors (Lipinski definition) is 1. The molecule has 2 atom stereocenters. The number of carbonyl (C=O) groups excluding carboxylic acids is 2. The fraction of sp³-hybridized carbons (Fsp3) is 0.400. The quantitative estimate of drug-likeness (QED) is 0.459. The molecule has 202 valence electrons. The molecule has 2 aromatic rings. The highest BCUT2D eigenvalue weighted by molar-refractivity contribution is 6.04. The van der Waals surface area contributed by atoms with Gasteiger partial charge in [0.2, 0.25) is 0 Å². The average Bonchev–Trinajstić information content (AvgIpc) is 2.94. The van der Waals surface area contributed by atoms with E-state index in [1.165, 1.54) is 0 Å². The van der Waals surface area contributed by atoms with E-state index in [-0.39, 0.29) is 18.1 Å². The van der Waals surface area contributed by atoms with Crippen molar-refractivity contribution in [2.24, 2.45) is 0 Å². The van der Waals surface area contributed by atoms with Crippen molar-refractivity contribution in [2.45, 2.75) is 44.9 Å². The number of ether oxygens (including phenoxy) is 5. The predicted molar refractivity (Wildman–Crippen MR) is 143 cm³/mol. The molecule has 0 fully saturated rings. The van der Waals surface area contributed by atoms with E-state index in [2.05, 4.69) is 5.32 Å². The highest BCUT2D eigenvalue weighted by Crippen LogP contribution is 2.49. The second-order valence-electron chi connectivity index (χ2n) is 9.38. The number of dihydropyridines is 1. The molecule has 1 aliphatic heterocycles. The molecular formula is C30H35NO7. The highest BCUT2D eigenvalue weighted by atomic mass is 16.5. The van der Waals surface area contributed by atoms with Crippen LogP contribution < -0.4 is 24.3 Å². The molecule has 0 saturated carbocycles. The first kappa shape index (κ1) is 27.1. The lowest BCUT2D eigenvalue weighted by atomic mass is 9.71. The summed E-state index contributed by atoms with van der Waals surface area (Å²) in [6.07, 6.45) is 1.57. The second-order valence-corrected chi connectivity index (χ2v) is 9.38. The number of rotatable bonds is 9. The van der Waals surface area contributed by atoms with Crippen molar-refractivity contribution in [1.82, 2.24) is 5.32 Å². The zero-order chi connectivity index (χ0) is 27.4. The largest absolute Gasteiger partial charge is 0.497 e. The van der Waals surface area contributed by atoms with Crippen molar-refractivity contribution in [2.75, 3.05) is 35.0 Å². The number of nitrogens with one attached hydrogen (secondary N) is 1. The fourth-order valence-corrected chi connectivity index (χ4v) is 5.30. The number of benzene rings is 2. The monoisotopic (exact) mass is 521 g/mol. The summed E-state index contributed by atoms with van der Waals surface area (Å²) in [4.78, 5) is 27.3. The van der Waals surface area contributed by atoms with Crippen molar-refractivity contribution in [3.63, 3.8) is 0 Å². The number of esters is 1. The molecule has 0 radical (unpaired) electrons. The van der Waals surface area contributed by atoms with Crippen LogP contribution in [0.2, 0.25) is 0 Å². The van der Waals surface area contributed by atoms with Gasteiger partial charge in [0.05, 0.1) is 46.5 Å². The zero-order valence-corrected chi connectivity index (χ0v) is 22.8. The summed E-state index contributed by atoms with van der Waals surface area (Å²) >= 11 is 0. The third-order valence-corrected chi connectivity index (χ3v) is 7.11. The van der Waals surface area contributed by atoms with E-state index in [1.54, 1.807) is 40.6 Å². The van der Waals surface area contributed by atoms with Gasteiger partial charge in [-0.2, -0.15) is 0 Å². The van der Waals surface area contributed by atoms with E-state index in [4.69, 9.17) is 23.7 Å². The van der Waals surface area contributed by atoms with Crippen LogP contribution in [0.5, 0.6) is 23.0 Å². The molecule has 1 N–H and O–H groups in total. The number of Topliss-reactive ketones (excluding diaryl/α,β-unsaturated/α-hetero) is 1. The topological polar surface area (TPSA) is 92.3 Å². The molecule has 8 heteroatoms. The van der Waals surface area contributed by atoms with Crippen LogP contribution in [0.15, 0.2) is 58.9 Å². The molecule has 38 heavy (non-hydrogen) atoms. The lowest BCUT2D eigenvalue weighted by Crippen LogP contribution is -2.36. The van der Waals surface area contributed by atoms with Crippen molar-refractivity contribution < 1.29 is 33.3 Å². The summed E-state index contributed by atoms with van der Waals surface area (Å²) in [5.74, 6) is 1.20. The van der Waals surface area contributed by atoms with Gasteiger partial charge in [-0.25, -0.2) is 4.79 Å². The van der Waals surface area contributed by atoms with Gasteiger partial charge < -0.3 is 29.0 Å². The van der Waals surface area contributed by atoms with Gasteiger partial charge in [-0.3, -0.25) is 4.79 Å². The summed E-state index contributed by atoms with van der Waals surface area (Å²) in [6, 6.07) is 11.2. The minimum absolute atomic E-state index is 0.0401. The first-order valence-corrected chi connectivity index (χ1v) is 12.7. The smallest absolute Gasteiger partial charge is 0.336 e. The Kier molecular flexibility index (Phi) is 8.29. The summed E-state index contributed by atoms with van der Waals surface area (Å²) in [5.41, 5.74) is 4.07. The van der Waals surface area contributed by atoms with E-state index < -0.39 is 11.9 Å². The molecule has 1 aliphatic carbocycles. The molecule has 0 saturated heterocycles. The van der Waals surface area contributed by atoms with Crippen LogP contribution in [0, 0.1) is 0 Å². The van der Waals surface area contributed by atoms with Crippen LogP contribution in [-0.2, 0) is 14.3 Å². The lowest BCUT2D eigenvalue weighted by molar-refractivity contribution is -0.139. The summed E-state index contributed by atoms with van der Waals surface area (Å²) in [5, 5.41) is 3.38. The van der Waals surface area contributed by atoms with Crippen molar-refractivity contribution >= 4 is 11.8 Å². The summed E-state index contributed by atoms with van der Waals surface area (Å²) < 4.78 is 27.6. The van der Waals surface area contributed by atoms with Crippen LogP contribution >= 0.6 is 0 Å². The molecule has 2 unspecified atom stereocenters. The van der Waals surface area contributed by atoms with Crippen molar-refractivity contribution in [3.05, 3.63) is 70.1 Å². The van der Waals surface area contributed by atoms with Crippen LogP contribution in [-0.4, -0.2) is 46.8 Å². The SMILES string of the molecule is CCCOC(=O)C1=C(C)NC2=C(C(=O)CC(c3ccc(OC)c(OC)c3)C2)C1c1cc(OC)ccc1OC. The molecule has 0 spiro atoms. The van der Waals surface area contributed by atoms with Crippen molar-refractivity contribution in [1.29, 1.82) is 0 Å². The van der Waals surface area contributed by atoms with E-state index >= 15 is 0 Å². The predicted octanol–water partition coefficient (Wildman–Crippen LogP) is 5.04. The maximum absolute atomic E-state index is 13.9.